The Morgan fingerprint density at radius 3 is 2.63 bits per heavy atom. The summed E-state index contributed by atoms with van der Waals surface area (Å²) in [6, 6.07) is 27.2. The monoisotopic (exact) mass is 449 g/mol. The summed E-state index contributed by atoms with van der Waals surface area (Å²) in [6.45, 7) is 0. The van der Waals surface area contributed by atoms with E-state index in [-0.39, 0.29) is 5.92 Å². The lowest BCUT2D eigenvalue weighted by Crippen LogP contribution is -2.03. The van der Waals surface area contributed by atoms with Crippen LogP contribution in [0.15, 0.2) is 91.0 Å². The molecule has 0 fully saturated rings. The smallest absolute Gasteiger partial charge is 0.0998 e. The Bertz CT molecular complexity index is 1650. The van der Waals surface area contributed by atoms with Gasteiger partial charge in [-0.1, -0.05) is 54.6 Å². The third-order valence-electron chi connectivity index (χ3n) is 7.09. The Morgan fingerprint density at radius 2 is 1.80 bits per heavy atom. The van der Waals surface area contributed by atoms with Crippen molar-refractivity contribution in [3.8, 4) is 17.8 Å². The van der Waals surface area contributed by atoms with Gasteiger partial charge < -0.3 is 4.57 Å². The van der Waals surface area contributed by atoms with Crippen LogP contribution in [0.3, 0.4) is 0 Å². The SMILES string of the molecule is N#Cc1ccc2c(c1)c1c(n2-c2cccc(C3C=CC(c4ccccc4C#N)=CC3)c2)C=CCC1. The molecule has 1 heterocycles. The lowest BCUT2D eigenvalue weighted by atomic mass is 9.87. The number of rotatable bonds is 3. The number of fused-ring (bicyclic) bond motifs is 3. The van der Waals surface area contributed by atoms with Crippen molar-refractivity contribution >= 4 is 22.6 Å². The van der Waals surface area contributed by atoms with Crippen molar-refractivity contribution < 1.29 is 0 Å². The van der Waals surface area contributed by atoms with Crippen LogP contribution in [0.1, 0.15) is 52.3 Å². The number of nitriles is 2. The highest BCUT2D eigenvalue weighted by molar-refractivity contribution is 5.91. The average molecular weight is 450 g/mol. The van der Waals surface area contributed by atoms with E-state index < -0.39 is 0 Å². The highest BCUT2D eigenvalue weighted by atomic mass is 15.0. The fraction of sp³-hybridized carbons (Fsp3) is 0.125. The molecule has 6 rings (SSSR count). The molecule has 0 saturated carbocycles. The van der Waals surface area contributed by atoms with Crippen LogP contribution in [0.2, 0.25) is 0 Å². The standard InChI is InChI=1S/C32H23N3/c33-20-22-12-17-32-30(18-22)29-10-3-4-11-31(29)35(32)27-8-5-7-25(19-27)23-13-15-24(16-14-23)28-9-2-1-6-26(28)21-34/h1-2,4-9,11-13,15-19,23H,3,10,14H2. The number of hydrogen-bond acceptors (Lipinski definition) is 2. The molecule has 166 valence electrons. The van der Waals surface area contributed by atoms with Gasteiger partial charge in [-0.05, 0) is 84.0 Å². The van der Waals surface area contributed by atoms with Gasteiger partial charge in [-0.2, -0.15) is 10.5 Å². The minimum absolute atomic E-state index is 0.284. The number of aryl methyl sites for hydroxylation is 1. The maximum Gasteiger partial charge on any atom is 0.0998 e. The van der Waals surface area contributed by atoms with Gasteiger partial charge in [0.1, 0.15) is 0 Å². The number of aromatic nitrogens is 1. The topological polar surface area (TPSA) is 52.5 Å². The minimum atomic E-state index is 0.284. The molecular weight excluding hydrogens is 426 g/mol. The molecule has 1 aromatic heterocycles. The van der Waals surface area contributed by atoms with Crippen LogP contribution in [-0.2, 0) is 6.42 Å². The molecule has 0 saturated heterocycles. The van der Waals surface area contributed by atoms with Crippen molar-refractivity contribution in [3.63, 3.8) is 0 Å². The average Bonchev–Trinajstić information content (AvgIpc) is 3.27. The van der Waals surface area contributed by atoms with E-state index in [4.69, 9.17) is 0 Å². The molecule has 35 heavy (non-hydrogen) atoms. The molecule has 1 atom stereocenters. The molecule has 2 aliphatic carbocycles. The van der Waals surface area contributed by atoms with Gasteiger partial charge in [0.25, 0.3) is 0 Å². The fourth-order valence-corrected chi connectivity index (χ4v) is 5.38. The lowest BCUT2D eigenvalue weighted by molar-refractivity contribution is 0.853. The first-order valence-corrected chi connectivity index (χ1v) is 12.0. The summed E-state index contributed by atoms with van der Waals surface area (Å²) in [6.07, 6.45) is 14.0. The molecule has 0 radical (unpaired) electrons. The maximum atomic E-state index is 9.46. The van der Waals surface area contributed by atoms with E-state index in [2.05, 4.69) is 77.4 Å². The lowest BCUT2D eigenvalue weighted by Gasteiger charge is -2.19. The minimum Gasteiger partial charge on any atom is -0.310 e. The van der Waals surface area contributed by atoms with E-state index in [0.29, 0.717) is 11.1 Å². The Kier molecular flexibility index (Phi) is 5.17. The predicted octanol–water partition coefficient (Wildman–Crippen LogP) is 7.46. The molecule has 1 unspecified atom stereocenters. The third-order valence-corrected chi connectivity index (χ3v) is 7.09. The second-order valence-corrected chi connectivity index (χ2v) is 9.10. The molecule has 0 N–H and O–H groups in total. The first-order valence-electron chi connectivity index (χ1n) is 12.0. The van der Waals surface area contributed by atoms with Gasteiger partial charge in [0.2, 0.25) is 0 Å². The Balaban J connectivity index is 1.38. The third kappa shape index (κ3) is 3.59. The number of hydrogen-bond donors (Lipinski definition) is 0. The van der Waals surface area contributed by atoms with Gasteiger partial charge in [0.15, 0.2) is 0 Å². The van der Waals surface area contributed by atoms with E-state index in [1.165, 1.54) is 22.2 Å². The summed E-state index contributed by atoms with van der Waals surface area (Å²) < 4.78 is 2.34. The van der Waals surface area contributed by atoms with Crippen LogP contribution in [0.5, 0.6) is 0 Å². The van der Waals surface area contributed by atoms with Gasteiger partial charge in [-0.25, -0.2) is 0 Å². The quantitative estimate of drug-likeness (QED) is 0.326. The summed E-state index contributed by atoms with van der Waals surface area (Å²) in [5, 5.41) is 20.1. The van der Waals surface area contributed by atoms with Gasteiger partial charge in [-0.3, -0.25) is 0 Å². The van der Waals surface area contributed by atoms with Crippen LogP contribution in [0.4, 0.5) is 0 Å². The van der Waals surface area contributed by atoms with Crippen LogP contribution in [0.25, 0.3) is 28.2 Å². The highest BCUT2D eigenvalue weighted by Crippen LogP contribution is 2.36. The van der Waals surface area contributed by atoms with Crippen LogP contribution in [0, 0.1) is 22.7 Å². The predicted molar refractivity (Wildman–Crippen MR) is 141 cm³/mol. The van der Waals surface area contributed by atoms with Crippen molar-refractivity contribution in [3.05, 3.63) is 125 Å². The Labute approximate surface area is 205 Å². The molecular formula is C32H23N3. The molecule has 0 spiro atoms. The van der Waals surface area contributed by atoms with Gasteiger partial charge in [0, 0.05) is 22.7 Å². The molecule has 0 aliphatic heterocycles. The highest BCUT2D eigenvalue weighted by Gasteiger charge is 2.20. The zero-order chi connectivity index (χ0) is 23.8. The van der Waals surface area contributed by atoms with Crippen LogP contribution >= 0.6 is 0 Å². The van der Waals surface area contributed by atoms with Crippen molar-refractivity contribution in [1.82, 2.24) is 4.57 Å². The number of allylic oxidation sites excluding steroid dienone is 5. The van der Waals surface area contributed by atoms with Crippen molar-refractivity contribution in [1.29, 1.82) is 10.5 Å². The van der Waals surface area contributed by atoms with E-state index in [9.17, 15) is 10.5 Å². The summed E-state index contributed by atoms with van der Waals surface area (Å²) >= 11 is 0. The second kappa shape index (κ2) is 8.64. The van der Waals surface area contributed by atoms with Crippen LogP contribution in [-0.4, -0.2) is 4.57 Å². The van der Waals surface area contributed by atoms with Crippen molar-refractivity contribution in [2.45, 2.75) is 25.2 Å². The fourth-order valence-electron chi connectivity index (χ4n) is 5.38. The number of nitrogens with zero attached hydrogens (tertiary/aromatic N) is 3. The molecule has 0 bridgehead atoms. The Hall–Kier alpha value is -4.60. The zero-order valence-electron chi connectivity index (χ0n) is 19.3. The van der Waals surface area contributed by atoms with Gasteiger partial charge >= 0.3 is 0 Å². The first-order chi connectivity index (χ1) is 17.3. The molecule has 4 aromatic rings. The van der Waals surface area contributed by atoms with E-state index in [1.807, 2.05) is 36.4 Å². The molecule has 3 heteroatoms. The van der Waals surface area contributed by atoms with E-state index in [0.717, 1.165) is 41.6 Å². The van der Waals surface area contributed by atoms with Gasteiger partial charge in [-0.15, -0.1) is 0 Å². The maximum absolute atomic E-state index is 9.46. The molecule has 2 aliphatic rings. The summed E-state index contributed by atoms with van der Waals surface area (Å²) in [5.41, 5.74) is 9.61. The van der Waals surface area contributed by atoms with E-state index in [1.54, 1.807) is 0 Å². The largest absolute Gasteiger partial charge is 0.310 e. The molecule has 3 aromatic carbocycles. The summed E-state index contributed by atoms with van der Waals surface area (Å²) in [7, 11) is 0. The van der Waals surface area contributed by atoms with Gasteiger partial charge in [0.05, 0.1) is 28.8 Å². The van der Waals surface area contributed by atoms with E-state index >= 15 is 0 Å². The normalized spacial score (nSPS) is 16.4. The van der Waals surface area contributed by atoms with Crippen molar-refractivity contribution in [2.75, 3.05) is 0 Å². The zero-order valence-corrected chi connectivity index (χ0v) is 19.3. The Morgan fingerprint density at radius 1 is 0.886 bits per heavy atom. The van der Waals surface area contributed by atoms with Crippen LogP contribution < -0.4 is 0 Å². The summed E-state index contributed by atoms with van der Waals surface area (Å²) in [5.74, 6) is 0.284. The van der Waals surface area contributed by atoms with Crippen molar-refractivity contribution in [2.24, 2.45) is 0 Å². The second-order valence-electron chi connectivity index (χ2n) is 9.10. The molecule has 3 nitrogen and oxygen atoms in total. The number of benzene rings is 3. The molecule has 0 amide bonds. The summed E-state index contributed by atoms with van der Waals surface area (Å²) in [4.78, 5) is 0. The first kappa shape index (κ1) is 21.0.